The van der Waals surface area contributed by atoms with Gasteiger partial charge in [-0.1, -0.05) is 41.4 Å². The summed E-state index contributed by atoms with van der Waals surface area (Å²) in [6.07, 6.45) is 0.178. The summed E-state index contributed by atoms with van der Waals surface area (Å²) in [5.74, 6) is -0.644. The highest BCUT2D eigenvalue weighted by molar-refractivity contribution is 6.42. The number of rotatable bonds is 3. The van der Waals surface area contributed by atoms with Crippen LogP contribution in [-0.2, 0) is 9.59 Å². The lowest BCUT2D eigenvalue weighted by atomic mass is 10.1. The quantitative estimate of drug-likeness (QED) is 0.850. The number of hydrogen-bond acceptors (Lipinski definition) is 2. The van der Waals surface area contributed by atoms with Gasteiger partial charge in [-0.2, -0.15) is 0 Å². The molecule has 1 aliphatic heterocycles. The van der Waals surface area contributed by atoms with E-state index in [2.05, 4.69) is 5.32 Å². The second-order valence-corrected chi connectivity index (χ2v) is 7.07. The molecule has 1 N–H and O–H groups in total. The summed E-state index contributed by atoms with van der Waals surface area (Å²) in [6.45, 7) is 4.22. The van der Waals surface area contributed by atoms with Gasteiger partial charge < -0.3 is 10.2 Å². The Morgan fingerprint density at radius 1 is 1.12 bits per heavy atom. The van der Waals surface area contributed by atoms with Crippen molar-refractivity contribution in [3.8, 4) is 0 Å². The predicted molar refractivity (Wildman–Crippen MR) is 101 cm³/mol. The maximum Gasteiger partial charge on any atom is 0.229 e. The number of hydrogen-bond donors (Lipinski definition) is 1. The summed E-state index contributed by atoms with van der Waals surface area (Å²) in [6, 6.07) is 10.9. The fraction of sp³-hybridized carbons (Fsp3) is 0.263. The van der Waals surface area contributed by atoms with E-state index in [1.807, 2.05) is 32.0 Å². The average molecular weight is 377 g/mol. The van der Waals surface area contributed by atoms with Gasteiger partial charge in [0.05, 0.1) is 16.0 Å². The van der Waals surface area contributed by atoms with Crippen molar-refractivity contribution in [2.75, 3.05) is 16.8 Å². The Bertz CT molecular complexity index is 831. The van der Waals surface area contributed by atoms with E-state index in [0.29, 0.717) is 22.3 Å². The predicted octanol–water partition coefficient (Wildman–Crippen LogP) is 4.60. The maximum atomic E-state index is 12.6. The van der Waals surface area contributed by atoms with Gasteiger partial charge in [-0.25, -0.2) is 0 Å². The van der Waals surface area contributed by atoms with Gasteiger partial charge in [0.2, 0.25) is 11.8 Å². The van der Waals surface area contributed by atoms with Gasteiger partial charge in [0.15, 0.2) is 0 Å². The summed E-state index contributed by atoms with van der Waals surface area (Å²) >= 11 is 12.0. The Morgan fingerprint density at radius 3 is 2.44 bits per heavy atom. The number of nitrogens with zero attached hydrogens (tertiary/aromatic N) is 1. The molecule has 130 valence electrons. The van der Waals surface area contributed by atoms with Gasteiger partial charge in [0, 0.05) is 24.3 Å². The minimum absolute atomic E-state index is 0.0972. The number of halogens is 2. The molecule has 0 saturated carbocycles. The van der Waals surface area contributed by atoms with Crippen LogP contribution in [0.4, 0.5) is 11.4 Å². The molecular weight excluding hydrogens is 359 g/mol. The van der Waals surface area contributed by atoms with Crippen molar-refractivity contribution in [1.29, 1.82) is 0 Å². The normalized spacial score (nSPS) is 17.0. The molecule has 1 fully saturated rings. The summed E-state index contributed by atoms with van der Waals surface area (Å²) in [5.41, 5.74) is 3.47. The van der Waals surface area contributed by atoms with E-state index >= 15 is 0 Å². The summed E-state index contributed by atoms with van der Waals surface area (Å²) < 4.78 is 0. The first-order valence-electron chi connectivity index (χ1n) is 7.99. The van der Waals surface area contributed by atoms with Crippen LogP contribution in [0, 0.1) is 19.8 Å². The van der Waals surface area contributed by atoms with Crippen molar-refractivity contribution < 1.29 is 9.59 Å². The first-order chi connectivity index (χ1) is 11.9. The van der Waals surface area contributed by atoms with E-state index in [1.54, 1.807) is 23.1 Å². The van der Waals surface area contributed by atoms with Crippen LogP contribution in [0.15, 0.2) is 36.4 Å². The van der Waals surface area contributed by atoms with Crippen molar-refractivity contribution in [1.82, 2.24) is 0 Å². The number of amides is 2. The fourth-order valence-corrected chi connectivity index (χ4v) is 3.31. The Kier molecular flexibility index (Phi) is 5.02. The third-order valence-corrected chi connectivity index (χ3v) is 5.18. The topological polar surface area (TPSA) is 49.4 Å². The first-order valence-corrected chi connectivity index (χ1v) is 8.75. The van der Waals surface area contributed by atoms with Crippen LogP contribution >= 0.6 is 23.2 Å². The number of anilines is 2. The SMILES string of the molecule is Cc1cccc(C)c1NC(=O)[C@H]1CC(=O)N(c2ccc(Cl)c(Cl)c2)C1. The smallest absolute Gasteiger partial charge is 0.229 e. The number of nitrogens with one attached hydrogen (secondary N) is 1. The molecule has 3 rings (SSSR count). The molecule has 0 bridgehead atoms. The van der Waals surface area contributed by atoms with Crippen molar-refractivity contribution >= 4 is 46.4 Å². The van der Waals surface area contributed by atoms with Crippen LogP contribution in [0.25, 0.3) is 0 Å². The highest BCUT2D eigenvalue weighted by Crippen LogP contribution is 2.31. The van der Waals surface area contributed by atoms with Gasteiger partial charge in [-0.15, -0.1) is 0 Å². The third kappa shape index (κ3) is 3.65. The molecule has 2 aromatic rings. The first kappa shape index (κ1) is 17.8. The lowest BCUT2D eigenvalue weighted by molar-refractivity contribution is -0.122. The zero-order valence-corrected chi connectivity index (χ0v) is 15.5. The monoisotopic (exact) mass is 376 g/mol. The number of aryl methyl sites for hydroxylation is 2. The number of carbonyl (C=O) groups is 2. The van der Waals surface area contributed by atoms with Gasteiger partial charge >= 0.3 is 0 Å². The molecule has 0 unspecified atom stereocenters. The Morgan fingerprint density at radius 2 is 1.80 bits per heavy atom. The van der Waals surface area contributed by atoms with E-state index in [9.17, 15) is 9.59 Å². The number of benzene rings is 2. The molecule has 0 spiro atoms. The maximum absolute atomic E-state index is 12.6. The average Bonchev–Trinajstić information content (AvgIpc) is 2.95. The zero-order valence-electron chi connectivity index (χ0n) is 14.0. The molecule has 1 atom stereocenters. The summed E-state index contributed by atoms with van der Waals surface area (Å²) in [7, 11) is 0. The highest BCUT2D eigenvalue weighted by Gasteiger charge is 2.35. The van der Waals surface area contributed by atoms with Crippen LogP contribution in [-0.4, -0.2) is 18.4 Å². The standard InChI is InChI=1S/C19H18Cl2N2O2/c1-11-4-3-5-12(2)18(11)22-19(25)13-8-17(24)23(10-13)14-6-7-15(20)16(21)9-14/h3-7,9,13H,8,10H2,1-2H3,(H,22,25)/t13-/m0/s1. The van der Waals surface area contributed by atoms with Crippen LogP contribution in [0.2, 0.25) is 10.0 Å². The molecule has 0 radical (unpaired) electrons. The second kappa shape index (κ2) is 7.06. The van der Waals surface area contributed by atoms with E-state index in [4.69, 9.17) is 23.2 Å². The second-order valence-electron chi connectivity index (χ2n) is 6.26. The molecule has 1 heterocycles. The van der Waals surface area contributed by atoms with Crippen molar-refractivity contribution in [2.24, 2.45) is 5.92 Å². The van der Waals surface area contributed by atoms with Crippen molar-refractivity contribution in [3.05, 3.63) is 57.6 Å². The molecule has 0 aliphatic carbocycles. The van der Waals surface area contributed by atoms with Crippen LogP contribution < -0.4 is 10.2 Å². The lowest BCUT2D eigenvalue weighted by Crippen LogP contribution is -2.28. The Labute approximate surface area is 156 Å². The van der Waals surface area contributed by atoms with Crippen LogP contribution in [0.3, 0.4) is 0 Å². The molecule has 4 nitrogen and oxygen atoms in total. The largest absolute Gasteiger partial charge is 0.325 e. The molecule has 6 heteroatoms. The summed E-state index contributed by atoms with van der Waals surface area (Å²) in [5, 5.41) is 3.78. The number of carbonyl (C=O) groups excluding carboxylic acids is 2. The Hall–Kier alpha value is -2.04. The lowest BCUT2D eigenvalue weighted by Gasteiger charge is -2.18. The van der Waals surface area contributed by atoms with Crippen LogP contribution in [0.5, 0.6) is 0 Å². The summed E-state index contributed by atoms with van der Waals surface area (Å²) in [4.78, 5) is 26.5. The van der Waals surface area contributed by atoms with E-state index in [1.165, 1.54) is 0 Å². The number of para-hydroxylation sites is 1. The zero-order chi connectivity index (χ0) is 18.1. The van der Waals surface area contributed by atoms with E-state index in [0.717, 1.165) is 16.8 Å². The molecule has 2 aromatic carbocycles. The minimum Gasteiger partial charge on any atom is -0.325 e. The molecule has 2 amide bonds. The minimum atomic E-state index is -0.402. The van der Waals surface area contributed by atoms with Gasteiger partial charge in [0.1, 0.15) is 0 Å². The van der Waals surface area contributed by atoms with Crippen LogP contribution in [0.1, 0.15) is 17.5 Å². The fourth-order valence-electron chi connectivity index (χ4n) is 3.02. The highest BCUT2D eigenvalue weighted by atomic mass is 35.5. The van der Waals surface area contributed by atoms with Gasteiger partial charge in [-0.05, 0) is 43.2 Å². The van der Waals surface area contributed by atoms with E-state index in [-0.39, 0.29) is 18.2 Å². The van der Waals surface area contributed by atoms with Gasteiger partial charge in [0.25, 0.3) is 0 Å². The molecule has 1 aliphatic rings. The third-order valence-electron chi connectivity index (χ3n) is 4.44. The molecule has 0 aromatic heterocycles. The molecular formula is C19H18Cl2N2O2. The molecule has 1 saturated heterocycles. The van der Waals surface area contributed by atoms with Crippen molar-refractivity contribution in [3.63, 3.8) is 0 Å². The van der Waals surface area contributed by atoms with E-state index < -0.39 is 5.92 Å². The molecule has 25 heavy (non-hydrogen) atoms. The van der Waals surface area contributed by atoms with Crippen molar-refractivity contribution in [2.45, 2.75) is 20.3 Å². The van der Waals surface area contributed by atoms with Gasteiger partial charge in [-0.3, -0.25) is 9.59 Å². The Balaban J connectivity index is 1.75.